The largest absolute Gasteiger partial charge is 0.493 e. The van der Waals surface area contributed by atoms with E-state index in [4.69, 9.17) is 30.5 Å². The number of aliphatic carboxylic acids is 1. The van der Waals surface area contributed by atoms with Crippen LogP contribution in [-0.2, 0) is 17.9 Å². The Morgan fingerprint density at radius 2 is 1.87 bits per heavy atom. The average molecular weight is 655 g/mol. The Morgan fingerprint density at radius 1 is 1.07 bits per heavy atom. The van der Waals surface area contributed by atoms with E-state index < -0.39 is 18.1 Å². The van der Waals surface area contributed by atoms with Crippen LogP contribution >= 0.6 is 11.6 Å². The van der Waals surface area contributed by atoms with Gasteiger partial charge in [0, 0.05) is 31.3 Å². The lowest BCUT2D eigenvalue weighted by Gasteiger charge is -2.25. The van der Waals surface area contributed by atoms with E-state index in [1.54, 1.807) is 12.1 Å². The standard InChI is InChI=1S/C35H43ClN2O8/c1-23-25(6-5-7-28(23)24-8-9-30-33(17-24)45-15-14-44-30)21-46-32-18-31(43-13-4-3-11-38-12-10-27(40)20-38)26(16-29(32)36)19-37-35(2,22-39)34(41)42/h5-9,16-18,27,37,39-40H,3-4,10-15,19-22H2,1-2H3,(H,41,42)/t27-,35-/m1/s1. The molecule has 11 heteroatoms. The highest BCUT2D eigenvalue weighted by Gasteiger charge is 2.32. The minimum absolute atomic E-state index is 0.112. The number of carboxylic acid groups (broad SMARTS) is 1. The molecule has 0 spiro atoms. The van der Waals surface area contributed by atoms with Crippen molar-refractivity contribution in [1.29, 1.82) is 0 Å². The Hall–Kier alpha value is -3.54. The molecule has 0 aromatic heterocycles. The van der Waals surface area contributed by atoms with Gasteiger partial charge in [-0.1, -0.05) is 35.9 Å². The van der Waals surface area contributed by atoms with Crippen LogP contribution in [0.1, 0.15) is 42.9 Å². The zero-order valence-electron chi connectivity index (χ0n) is 26.4. The molecule has 2 heterocycles. The van der Waals surface area contributed by atoms with Crippen LogP contribution in [0.5, 0.6) is 23.0 Å². The number of hydrogen-bond donors (Lipinski definition) is 4. The van der Waals surface area contributed by atoms with Gasteiger partial charge in [0.2, 0.25) is 0 Å². The predicted octanol–water partition coefficient (Wildman–Crippen LogP) is 4.82. The maximum atomic E-state index is 11.7. The first-order chi connectivity index (χ1) is 22.2. The highest BCUT2D eigenvalue weighted by atomic mass is 35.5. The normalized spacial score (nSPS) is 17.5. The summed E-state index contributed by atoms with van der Waals surface area (Å²) in [6.45, 7) is 7.29. The Kier molecular flexibility index (Phi) is 11.3. The fraction of sp³-hybridized carbons (Fsp3) is 0.457. The Morgan fingerprint density at radius 3 is 2.61 bits per heavy atom. The number of β-amino-alcohol motifs (C(OH)–C–C–N with tert-alkyl or cyclic N) is 1. The van der Waals surface area contributed by atoms with Gasteiger partial charge in [0.1, 0.15) is 36.9 Å². The smallest absolute Gasteiger partial charge is 0.326 e. The maximum absolute atomic E-state index is 11.7. The van der Waals surface area contributed by atoms with Crippen molar-refractivity contribution in [3.63, 3.8) is 0 Å². The lowest BCUT2D eigenvalue weighted by atomic mass is 9.96. The molecule has 248 valence electrons. The van der Waals surface area contributed by atoms with Gasteiger partial charge < -0.3 is 39.2 Å². The van der Waals surface area contributed by atoms with Crippen molar-refractivity contribution in [3.8, 4) is 34.1 Å². The molecule has 3 aromatic carbocycles. The summed E-state index contributed by atoms with van der Waals surface area (Å²) in [7, 11) is 0. The molecule has 0 amide bonds. The van der Waals surface area contributed by atoms with E-state index >= 15 is 0 Å². The number of benzene rings is 3. The molecule has 2 aliphatic rings. The van der Waals surface area contributed by atoms with Crippen molar-refractivity contribution in [3.05, 3.63) is 70.2 Å². The van der Waals surface area contributed by atoms with Crippen molar-refractivity contribution >= 4 is 17.6 Å². The highest BCUT2D eigenvalue weighted by molar-refractivity contribution is 6.32. The zero-order valence-corrected chi connectivity index (χ0v) is 27.1. The molecule has 1 fully saturated rings. The highest BCUT2D eigenvalue weighted by Crippen LogP contribution is 2.37. The van der Waals surface area contributed by atoms with E-state index in [2.05, 4.69) is 23.2 Å². The molecule has 2 atom stereocenters. The van der Waals surface area contributed by atoms with Crippen LogP contribution < -0.4 is 24.3 Å². The van der Waals surface area contributed by atoms with Gasteiger partial charge in [-0.3, -0.25) is 10.1 Å². The summed E-state index contributed by atoms with van der Waals surface area (Å²) in [6, 6.07) is 15.5. The molecule has 0 bridgehead atoms. The van der Waals surface area contributed by atoms with Gasteiger partial charge in [-0.15, -0.1) is 0 Å². The lowest BCUT2D eigenvalue weighted by Crippen LogP contribution is -2.52. The first-order valence-corrected chi connectivity index (χ1v) is 16.1. The van der Waals surface area contributed by atoms with Gasteiger partial charge >= 0.3 is 5.97 Å². The predicted molar refractivity (Wildman–Crippen MR) is 175 cm³/mol. The van der Waals surface area contributed by atoms with E-state index in [0.29, 0.717) is 48.5 Å². The number of nitrogens with one attached hydrogen (secondary N) is 1. The number of unbranched alkanes of at least 4 members (excludes halogenated alkanes) is 1. The number of rotatable bonds is 15. The number of fused-ring (bicyclic) bond motifs is 1. The number of ether oxygens (including phenoxy) is 4. The van der Waals surface area contributed by atoms with Crippen molar-refractivity contribution in [1.82, 2.24) is 10.2 Å². The van der Waals surface area contributed by atoms with Crippen molar-refractivity contribution in [2.75, 3.05) is 46.1 Å². The number of aliphatic hydroxyl groups excluding tert-OH is 2. The minimum Gasteiger partial charge on any atom is -0.493 e. The van der Waals surface area contributed by atoms with E-state index in [1.807, 2.05) is 30.3 Å². The third-order valence-electron chi connectivity index (χ3n) is 8.63. The van der Waals surface area contributed by atoms with Crippen molar-refractivity contribution < 1.29 is 39.1 Å². The van der Waals surface area contributed by atoms with E-state index in [1.165, 1.54) is 6.92 Å². The Balaban J connectivity index is 1.29. The monoisotopic (exact) mass is 654 g/mol. The summed E-state index contributed by atoms with van der Waals surface area (Å²) < 4.78 is 23.9. The molecule has 2 aliphatic heterocycles. The van der Waals surface area contributed by atoms with E-state index in [9.17, 15) is 20.1 Å². The molecule has 3 aromatic rings. The first-order valence-electron chi connectivity index (χ1n) is 15.7. The second-order valence-electron chi connectivity index (χ2n) is 12.1. The summed E-state index contributed by atoms with van der Waals surface area (Å²) in [5.74, 6) is 1.28. The molecule has 0 aliphatic carbocycles. The van der Waals surface area contributed by atoms with Crippen LogP contribution in [-0.4, -0.2) is 83.9 Å². The Labute approximate surface area is 274 Å². The second-order valence-corrected chi connectivity index (χ2v) is 12.5. The van der Waals surface area contributed by atoms with Gasteiger partial charge in [-0.05, 0) is 80.1 Å². The first kappa shape index (κ1) is 33.8. The molecule has 10 nitrogen and oxygen atoms in total. The molecule has 1 saturated heterocycles. The van der Waals surface area contributed by atoms with Crippen LogP contribution in [0.4, 0.5) is 0 Å². The summed E-state index contributed by atoms with van der Waals surface area (Å²) in [4.78, 5) is 14.0. The minimum atomic E-state index is -1.53. The van der Waals surface area contributed by atoms with Gasteiger partial charge in [0.05, 0.1) is 24.3 Å². The quantitative estimate of drug-likeness (QED) is 0.169. The average Bonchev–Trinajstić information content (AvgIpc) is 3.48. The third-order valence-corrected chi connectivity index (χ3v) is 8.92. The number of carbonyl (C=O) groups is 1. The van der Waals surface area contributed by atoms with Crippen LogP contribution in [0.2, 0.25) is 5.02 Å². The number of likely N-dealkylation sites (tertiary alicyclic amines) is 1. The fourth-order valence-electron chi connectivity index (χ4n) is 5.60. The zero-order chi connectivity index (χ0) is 32.7. The van der Waals surface area contributed by atoms with Crippen LogP contribution in [0, 0.1) is 6.92 Å². The van der Waals surface area contributed by atoms with Gasteiger partial charge in [0.15, 0.2) is 11.5 Å². The number of halogens is 1. The number of carboxylic acids is 1. The molecular formula is C35H43ClN2O8. The molecule has 0 unspecified atom stereocenters. The molecule has 0 saturated carbocycles. The Bertz CT molecular complexity index is 1520. The van der Waals surface area contributed by atoms with Crippen LogP contribution in [0.15, 0.2) is 48.5 Å². The van der Waals surface area contributed by atoms with Gasteiger partial charge in [-0.25, -0.2) is 0 Å². The van der Waals surface area contributed by atoms with Crippen molar-refractivity contribution in [2.24, 2.45) is 0 Å². The molecule has 4 N–H and O–H groups in total. The lowest BCUT2D eigenvalue weighted by molar-refractivity contribution is -0.145. The van der Waals surface area contributed by atoms with Crippen LogP contribution in [0.25, 0.3) is 11.1 Å². The third kappa shape index (κ3) is 8.24. The van der Waals surface area contributed by atoms with Crippen LogP contribution in [0.3, 0.4) is 0 Å². The summed E-state index contributed by atoms with van der Waals surface area (Å²) in [5.41, 5.74) is 3.25. The molecule has 5 rings (SSSR count). The maximum Gasteiger partial charge on any atom is 0.326 e. The fourth-order valence-corrected chi connectivity index (χ4v) is 5.84. The summed E-state index contributed by atoms with van der Waals surface area (Å²) in [5, 5.41) is 32.4. The molecule has 46 heavy (non-hydrogen) atoms. The number of nitrogens with zero attached hydrogens (tertiary/aromatic N) is 1. The summed E-state index contributed by atoms with van der Waals surface area (Å²) in [6.07, 6.45) is 2.28. The van der Waals surface area contributed by atoms with Crippen molar-refractivity contribution in [2.45, 2.75) is 57.9 Å². The topological polar surface area (TPSA) is 130 Å². The van der Waals surface area contributed by atoms with E-state index in [-0.39, 0.29) is 19.3 Å². The molecule has 0 radical (unpaired) electrons. The number of aliphatic hydroxyl groups is 2. The summed E-state index contributed by atoms with van der Waals surface area (Å²) >= 11 is 6.69. The van der Waals surface area contributed by atoms with Gasteiger partial charge in [0.25, 0.3) is 0 Å². The van der Waals surface area contributed by atoms with E-state index in [0.717, 1.165) is 66.1 Å². The van der Waals surface area contributed by atoms with Gasteiger partial charge in [-0.2, -0.15) is 0 Å². The molecular weight excluding hydrogens is 612 g/mol. The number of hydrogen-bond acceptors (Lipinski definition) is 9. The second kappa shape index (κ2) is 15.4. The SMILES string of the molecule is Cc1c(COc2cc(OCCCCN3CC[C@@H](O)C3)c(CN[C@](C)(CO)C(=O)O)cc2Cl)cccc1-c1ccc2c(c1)OCCO2.